The van der Waals surface area contributed by atoms with Crippen LogP contribution in [0.4, 0.5) is 0 Å². The molecule has 1 fully saturated rings. The molecule has 0 radical (unpaired) electrons. The monoisotopic (exact) mass is 312 g/mol. The minimum Gasteiger partial charge on any atom is -0.309 e. The SMILES string of the molecule is CC1CN(Cc2cn[nH]c2-c2ccsc2)CC(C)N1.Cl. The molecule has 2 aromatic rings. The summed E-state index contributed by atoms with van der Waals surface area (Å²) in [6.45, 7) is 7.66. The van der Waals surface area contributed by atoms with Gasteiger partial charge < -0.3 is 5.32 Å². The van der Waals surface area contributed by atoms with Gasteiger partial charge in [-0.3, -0.25) is 10.00 Å². The minimum atomic E-state index is 0. The lowest BCUT2D eigenvalue weighted by Gasteiger charge is -2.36. The van der Waals surface area contributed by atoms with E-state index in [1.807, 2.05) is 6.20 Å². The third kappa shape index (κ3) is 3.41. The third-order valence-corrected chi connectivity index (χ3v) is 4.24. The van der Waals surface area contributed by atoms with Crippen LogP contribution in [0.1, 0.15) is 19.4 Å². The first-order chi connectivity index (χ1) is 9.22. The van der Waals surface area contributed by atoms with Gasteiger partial charge in [0.05, 0.1) is 11.9 Å². The van der Waals surface area contributed by atoms with Gasteiger partial charge in [0.25, 0.3) is 0 Å². The van der Waals surface area contributed by atoms with Gasteiger partial charge in [0, 0.05) is 48.2 Å². The molecule has 0 amide bonds. The van der Waals surface area contributed by atoms with Gasteiger partial charge in [-0.05, 0) is 25.3 Å². The summed E-state index contributed by atoms with van der Waals surface area (Å²) in [5.41, 5.74) is 3.70. The molecule has 1 aliphatic heterocycles. The molecular weight excluding hydrogens is 292 g/mol. The number of H-pyrrole nitrogens is 1. The van der Waals surface area contributed by atoms with Crippen molar-refractivity contribution in [1.29, 1.82) is 0 Å². The average Bonchev–Trinajstić information content (AvgIpc) is 2.96. The van der Waals surface area contributed by atoms with E-state index in [9.17, 15) is 0 Å². The second-order valence-electron chi connectivity index (χ2n) is 5.45. The summed E-state index contributed by atoms with van der Waals surface area (Å²) in [6.07, 6.45) is 1.96. The molecule has 0 aliphatic carbocycles. The Balaban J connectivity index is 0.00000147. The fraction of sp³-hybridized carbons (Fsp3) is 0.500. The lowest BCUT2D eigenvalue weighted by molar-refractivity contribution is 0.167. The molecule has 0 aromatic carbocycles. The van der Waals surface area contributed by atoms with Crippen LogP contribution in [-0.4, -0.2) is 40.3 Å². The molecule has 6 heteroatoms. The maximum atomic E-state index is 4.22. The van der Waals surface area contributed by atoms with E-state index in [4.69, 9.17) is 0 Å². The summed E-state index contributed by atoms with van der Waals surface area (Å²) in [5.74, 6) is 0. The minimum absolute atomic E-state index is 0. The number of piperazine rings is 1. The number of nitrogens with zero attached hydrogens (tertiary/aromatic N) is 2. The van der Waals surface area contributed by atoms with Gasteiger partial charge in [-0.1, -0.05) is 0 Å². The second kappa shape index (κ2) is 6.72. The van der Waals surface area contributed by atoms with Crippen LogP contribution < -0.4 is 5.32 Å². The highest BCUT2D eigenvalue weighted by Gasteiger charge is 2.22. The average molecular weight is 313 g/mol. The van der Waals surface area contributed by atoms with Crippen LogP contribution in [0.5, 0.6) is 0 Å². The van der Waals surface area contributed by atoms with Crippen LogP contribution in [0.3, 0.4) is 0 Å². The Morgan fingerprint density at radius 1 is 1.35 bits per heavy atom. The number of halogens is 1. The van der Waals surface area contributed by atoms with Gasteiger partial charge >= 0.3 is 0 Å². The van der Waals surface area contributed by atoms with Crippen molar-refractivity contribution in [2.75, 3.05) is 13.1 Å². The quantitative estimate of drug-likeness (QED) is 0.916. The molecule has 2 atom stereocenters. The third-order valence-electron chi connectivity index (χ3n) is 3.55. The van der Waals surface area contributed by atoms with Gasteiger partial charge in [-0.15, -0.1) is 12.4 Å². The van der Waals surface area contributed by atoms with E-state index in [1.54, 1.807) is 11.3 Å². The number of thiophene rings is 1. The van der Waals surface area contributed by atoms with E-state index in [0.717, 1.165) is 19.6 Å². The zero-order valence-electron chi connectivity index (χ0n) is 11.8. The number of nitrogens with one attached hydrogen (secondary N) is 2. The van der Waals surface area contributed by atoms with Crippen LogP contribution >= 0.6 is 23.7 Å². The lowest BCUT2D eigenvalue weighted by Crippen LogP contribution is -2.53. The van der Waals surface area contributed by atoms with E-state index < -0.39 is 0 Å². The predicted molar refractivity (Wildman–Crippen MR) is 86.5 cm³/mol. The predicted octanol–water partition coefficient (Wildman–Crippen LogP) is 2.74. The van der Waals surface area contributed by atoms with Crippen LogP contribution in [-0.2, 0) is 6.54 Å². The Labute approximate surface area is 130 Å². The summed E-state index contributed by atoms with van der Waals surface area (Å²) in [5, 5.41) is 15.2. The van der Waals surface area contributed by atoms with Crippen LogP contribution in [0.2, 0.25) is 0 Å². The van der Waals surface area contributed by atoms with E-state index >= 15 is 0 Å². The number of aromatic nitrogens is 2. The Bertz CT molecular complexity index is 515. The molecule has 3 heterocycles. The summed E-state index contributed by atoms with van der Waals surface area (Å²) >= 11 is 1.72. The maximum absolute atomic E-state index is 4.22. The van der Waals surface area contributed by atoms with Crippen molar-refractivity contribution in [2.24, 2.45) is 0 Å². The van der Waals surface area contributed by atoms with Crippen LogP contribution in [0, 0.1) is 0 Å². The molecule has 1 saturated heterocycles. The summed E-state index contributed by atoms with van der Waals surface area (Å²) in [6, 6.07) is 3.26. The summed E-state index contributed by atoms with van der Waals surface area (Å²) in [4.78, 5) is 2.51. The Morgan fingerprint density at radius 3 is 2.75 bits per heavy atom. The summed E-state index contributed by atoms with van der Waals surface area (Å²) in [7, 11) is 0. The zero-order valence-corrected chi connectivity index (χ0v) is 13.4. The molecular formula is C14H21ClN4S. The fourth-order valence-electron chi connectivity index (χ4n) is 2.90. The van der Waals surface area contributed by atoms with E-state index in [2.05, 4.69) is 51.1 Å². The van der Waals surface area contributed by atoms with Gasteiger partial charge in [-0.2, -0.15) is 16.4 Å². The highest BCUT2D eigenvalue weighted by atomic mass is 35.5. The molecule has 0 spiro atoms. The maximum Gasteiger partial charge on any atom is 0.0703 e. The normalized spacial score (nSPS) is 23.5. The standard InChI is InChI=1S/C14H20N4S.ClH/c1-10-6-18(7-11(2)16-10)8-13-5-15-17-14(13)12-3-4-19-9-12;/h3-5,9-11,16H,6-8H2,1-2H3,(H,15,17);1H. The molecule has 2 N–H and O–H groups in total. The topological polar surface area (TPSA) is 44.0 Å². The Hall–Kier alpha value is -0.880. The van der Waals surface area contributed by atoms with E-state index in [1.165, 1.54) is 16.8 Å². The first-order valence-corrected chi connectivity index (χ1v) is 7.70. The van der Waals surface area contributed by atoms with Crippen LogP contribution in [0.15, 0.2) is 23.0 Å². The van der Waals surface area contributed by atoms with Crippen molar-refractivity contribution in [3.05, 3.63) is 28.6 Å². The van der Waals surface area contributed by atoms with Gasteiger partial charge in [0.1, 0.15) is 0 Å². The molecule has 3 rings (SSSR count). The van der Waals surface area contributed by atoms with Crippen molar-refractivity contribution in [1.82, 2.24) is 20.4 Å². The molecule has 4 nitrogen and oxygen atoms in total. The highest BCUT2D eigenvalue weighted by molar-refractivity contribution is 7.08. The van der Waals surface area contributed by atoms with E-state index in [-0.39, 0.29) is 12.4 Å². The van der Waals surface area contributed by atoms with E-state index in [0.29, 0.717) is 12.1 Å². The van der Waals surface area contributed by atoms with Crippen molar-refractivity contribution >= 4 is 23.7 Å². The number of aromatic amines is 1. The Morgan fingerprint density at radius 2 is 2.10 bits per heavy atom. The highest BCUT2D eigenvalue weighted by Crippen LogP contribution is 2.24. The molecule has 20 heavy (non-hydrogen) atoms. The first-order valence-electron chi connectivity index (χ1n) is 6.75. The van der Waals surface area contributed by atoms with Crippen molar-refractivity contribution < 1.29 is 0 Å². The van der Waals surface area contributed by atoms with Gasteiger partial charge in [-0.25, -0.2) is 0 Å². The van der Waals surface area contributed by atoms with Gasteiger partial charge in [0.15, 0.2) is 0 Å². The van der Waals surface area contributed by atoms with Crippen molar-refractivity contribution in [2.45, 2.75) is 32.5 Å². The first kappa shape index (κ1) is 15.5. The Kier molecular flexibility index (Phi) is 5.21. The number of hydrogen-bond acceptors (Lipinski definition) is 4. The largest absolute Gasteiger partial charge is 0.309 e. The lowest BCUT2D eigenvalue weighted by atomic mass is 10.1. The summed E-state index contributed by atoms with van der Waals surface area (Å²) < 4.78 is 0. The molecule has 2 unspecified atom stereocenters. The molecule has 2 aromatic heterocycles. The number of hydrogen-bond donors (Lipinski definition) is 2. The molecule has 110 valence electrons. The molecule has 0 bridgehead atoms. The van der Waals surface area contributed by atoms with Crippen LogP contribution in [0.25, 0.3) is 11.3 Å². The zero-order chi connectivity index (χ0) is 13.2. The molecule has 1 aliphatic rings. The van der Waals surface area contributed by atoms with Crippen molar-refractivity contribution in [3.63, 3.8) is 0 Å². The fourth-order valence-corrected chi connectivity index (χ4v) is 3.54. The van der Waals surface area contributed by atoms with Crippen molar-refractivity contribution in [3.8, 4) is 11.3 Å². The second-order valence-corrected chi connectivity index (χ2v) is 6.23. The number of rotatable bonds is 3. The van der Waals surface area contributed by atoms with Gasteiger partial charge in [0.2, 0.25) is 0 Å². The smallest absolute Gasteiger partial charge is 0.0703 e. The molecule has 0 saturated carbocycles.